The largest absolute Gasteiger partial charge is 0.453 e. The molecule has 0 spiro atoms. The number of nitrogens with zero attached hydrogens (tertiary/aromatic N) is 2. The molecule has 1 atom stereocenters. The number of rotatable bonds is 6. The van der Waals surface area contributed by atoms with E-state index in [2.05, 4.69) is 5.10 Å². The van der Waals surface area contributed by atoms with E-state index in [0.29, 0.717) is 6.42 Å². The van der Waals surface area contributed by atoms with E-state index < -0.39 is 18.0 Å². The second-order valence-electron chi connectivity index (χ2n) is 4.66. The standard InChI is InChI=1S/C15H17N3O3/c1-11(15(16)20)21-14(19)8-7-12-9-17-18(10-12)13-5-3-2-4-6-13/h2-6,9-11H,7-8H2,1H3,(H2,16,20)/t11-/m0/s1. The number of esters is 1. The molecule has 0 saturated carbocycles. The normalized spacial score (nSPS) is 11.9. The number of nitrogens with two attached hydrogens (primary N) is 1. The van der Waals surface area contributed by atoms with Gasteiger partial charge in [-0.05, 0) is 31.0 Å². The summed E-state index contributed by atoms with van der Waals surface area (Å²) in [5.74, 6) is -1.10. The van der Waals surface area contributed by atoms with E-state index in [1.807, 2.05) is 36.5 Å². The molecule has 0 fully saturated rings. The molecule has 0 radical (unpaired) electrons. The zero-order chi connectivity index (χ0) is 15.2. The van der Waals surface area contributed by atoms with Crippen molar-refractivity contribution in [3.63, 3.8) is 0 Å². The fourth-order valence-electron chi connectivity index (χ4n) is 1.77. The minimum absolute atomic E-state index is 0.179. The Morgan fingerprint density at radius 1 is 1.33 bits per heavy atom. The third kappa shape index (κ3) is 4.17. The highest BCUT2D eigenvalue weighted by atomic mass is 16.5. The Bertz CT molecular complexity index is 622. The van der Waals surface area contributed by atoms with Gasteiger partial charge in [0.25, 0.3) is 5.91 Å². The van der Waals surface area contributed by atoms with Crippen molar-refractivity contribution in [1.29, 1.82) is 0 Å². The number of carbonyl (C=O) groups excluding carboxylic acids is 2. The summed E-state index contributed by atoms with van der Waals surface area (Å²) in [7, 11) is 0. The Kier molecular flexibility index (Phi) is 4.71. The van der Waals surface area contributed by atoms with Gasteiger partial charge in [0.1, 0.15) is 0 Å². The molecule has 0 saturated heterocycles. The van der Waals surface area contributed by atoms with Crippen molar-refractivity contribution in [3.8, 4) is 5.69 Å². The van der Waals surface area contributed by atoms with Crippen molar-refractivity contribution in [1.82, 2.24) is 9.78 Å². The van der Waals surface area contributed by atoms with Gasteiger partial charge in [-0.3, -0.25) is 9.59 Å². The van der Waals surface area contributed by atoms with Crippen LogP contribution in [0.4, 0.5) is 0 Å². The van der Waals surface area contributed by atoms with E-state index in [1.165, 1.54) is 6.92 Å². The Morgan fingerprint density at radius 3 is 2.71 bits per heavy atom. The lowest BCUT2D eigenvalue weighted by Gasteiger charge is -2.08. The molecule has 1 amide bonds. The number of benzene rings is 1. The van der Waals surface area contributed by atoms with E-state index >= 15 is 0 Å². The number of aryl methyl sites for hydroxylation is 1. The molecule has 1 aromatic heterocycles. The van der Waals surface area contributed by atoms with Crippen LogP contribution in [0.5, 0.6) is 0 Å². The van der Waals surface area contributed by atoms with Gasteiger partial charge in [-0.25, -0.2) is 4.68 Å². The van der Waals surface area contributed by atoms with Crippen LogP contribution in [0.2, 0.25) is 0 Å². The molecule has 0 aliphatic rings. The van der Waals surface area contributed by atoms with Crippen LogP contribution >= 0.6 is 0 Å². The summed E-state index contributed by atoms with van der Waals surface area (Å²) >= 11 is 0. The van der Waals surface area contributed by atoms with Gasteiger partial charge in [0.15, 0.2) is 6.10 Å². The summed E-state index contributed by atoms with van der Waals surface area (Å²) in [6.45, 7) is 1.45. The third-order valence-corrected chi connectivity index (χ3v) is 2.98. The molecule has 0 aliphatic carbocycles. The summed E-state index contributed by atoms with van der Waals surface area (Å²) in [5, 5.41) is 4.24. The van der Waals surface area contributed by atoms with Crippen molar-refractivity contribution >= 4 is 11.9 Å². The van der Waals surface area contributed by atoms with Gasteiger partial charge in [-0.15, -0.1) is 0 Å². The highest BCUT2D eigenvalue weighted by molar-refractivity contribution is 5.81. The predicted molar refractivity (Wildman–Crippen MR) is 76.6 cm³/mol. The van der Waals surface area contributed by atoms with Gasteiger partial charge < -0.3 is 10.5 Å². The minimum Gasteiger partial charge on any atom is -0.453 e. The zero-order valence-electron chi connectivity index (χ0n) is 11.7. The topological polar surface area (TPSA) is 87.2 Å². The van der Waals surface area contributed by atoms with Gasteiger partial charge in [0.05, 0.1) is 11.9 Å². The second kappa shape index (κ2) is 6.69. The molecule has 110 valence electrons. The molecule has 21 heavy (non-hydrogen) atoms. The first-order valence-corrected chi connectivity index (χ1v) is 6.64. The van der Waals surface area contributed by atoms with Gasteiger partial charge in [-0.2, -0.15) is 5.10 Å². The number of para-hydroxylation sites is 1. The van der Waals surface area contributed by atoms with Crippen molar-refractivity contribution in [2.45, 2.75) is 25.9 Å². The Morgan fingerprint density at radius 2 is 2.05 bits per heavy atom. The van der Waals surface area contributed by atoms with Crippen LogP contribution in [0.15, 0.2) is 42.7 Å². The van der Waals surface area contributed by atoms with E-state index in [0.717, 1.165) is 11.3 Å². The number of hydrogen-bond acceptors (Lipinski definition) is 4. The van der Waals surface area contributed by atoms with E-state index in [9.17, 15) is 9.59 Å². The maximum atomic E-state index is 11.6. The molecule has 0 unspecified atom stereocenters. The quantitative estimate of drug-likeness (QED) is 0.809. The minimum atomic E-state index is -0.899. The maximum absolute atomic E-state index is 11.6. The van der Waals surface area contributed by atoms with Crippen LogP contribution < -0.4 is 5.73 Å². The number of aromatic nitrogens is 2. The Balaban J connectivity index is 1.89. The number of carbonyl (C=O) groups is 2. The average Bonchev–Trinajstić information content (AvgIpc) is 2.95. The molecule has 1 aromatic carbocycles. The molecular weight excluding hydrogens is 270 g/mol. The highest BCUT2D eigenvalue weighted by Crippen LogP contribution is 2.09. The highest BCUT2D eigenvalue weighted by Gasteiger charge is 2.14. The third-order valence-electron chi connectivity index (χ3n) is 2.98. The van der Waals surface area contributed by atoms with Crippen molar-refractivity contribution in [3.05, 3.63) is 48.3 Å². The van der Waals surface area contributed by atoms with Gasteiger partial charge in [0, 0.05) is 12.6 Å². The van der Waals surface area contributed by atoms with E-state index in [-0.39, 0.29) is 6.42 Å². The fourth-order valence-corrected chi connectivity index (χ4v) is 1.77. The summed E-state index contributed by atoms with van der Waals surface area (Å²) < 4.78 is 6.63. The lowest BCUT2D eigenvalue weighted by Crippen LogP contribution is -2.30. The fraction of sp³-hybridized carbons (Fsp3) is 0.267. The van der Waals surface area contributed by atoms with Gasteiger partial charge >= 0.3 is 5.97 Å². The molecule has 0 aliphatic heterocycles. The number of primary amides is 1. The van der Waals surface area contributed by atoms with Gasteiger partial charge in [-0.1, -0.05) is 18.2 Å². The first-order chi connectivity index (χ1) is 10.1. The molecular formula is C15H17N3O3. The molecule has 2 N–H and O–H groups in total. The van der Waals surface area contributed by atoms with E-state index in [1.54, 1.807) is 10.9 Å². The van der Waals surface area contributed by atoms with Crippen molar-refractivity contribution in [2.75, 3.05) is 0 Å². The lowest BCUT2D eigenvalue weighted by atomic mass is 10.2. The molecule has 6 heteroatoms. The van der Waals surface area contributed by atoms with Crippen molar-refractivity contribution in [2.24, 2.45) is 5.73 Å². The van der Waals surface area contributed by atoms with Crippen LogP contribution in [-0.2, 0) is 20.7 Å². The number of ether oxygens (including phenoxy) is 1. The molecule has 2 aromatic rings. The Labute approximate surface area is 122 Å². The maximum Gasteiger partial charge on any atom is 0.306 e. The van der Waals surface area contributed by atoms with Crippen LogP contribution in [0.3, 0.4) is 0 Å². The predicted octanol–water partition coefficient (Wildman–Crippen LogP) is 1.22. The van der Waals surface area contributed by atoms with Crippen molar-refractivity contribution < 1.29 is 14.3 Å². The van der Waals surface area contributed by atoms with Gasteiger partial charge in [0.2, 0.25) is 0 Å². The number of hydrogen-bond donors (Lipinski definition) is 1. The monoisotopic (exact) mass is 287 g/mol. The summed E-state index contributed by atoms with van der Waals surface area (Å²) in [4.78, 5) is 22.4. The summed E-state index contributed by atoms with van der Waals surface area (Å²) in [6.07, 6.45) is 3.34. The second-order valence-corrected chi connectivity index (χ2v) is 4.66. The lowest BCUT2D eigenvalue weighted by molar-refractivity contribution is -0.153. The Hall–Kier alpha value is -2.63. The summed E-state index contributed by atoms with van der Waals surface area (Å²) in [5.41, 5.74) is 6.90. The van der Waals surface area contributed by atoms with Crippen LogP contribution in [0.1, 0.15) is 18.9 Å². The smallest absolute Gasteiger partial charge is 0.306 e. The molecule has 6 nitrogen and oxygen atoms in total. The first-order valence-electron chi connectivity index (χ1n) is 6.64. The molecule has 2 rings (SSSR count). The number of amides is 1. The van der Waals surface area contributed by atoms with Crippen LogP contribution in [-0.4, -0.2) is 27.8 Å². The SMILES string of the molecule is C[C@H](OC(=O)CCc1cnn(-c2ccccc2)c1)C(N)=O. The molecule has 0 bridgehead atoms. The first kappa shape index (κ1) is 14.8. The van der Waals surface area contributed by atoms with Crippen LogP contribution in [0.25, 0.3) is 5.69 Å². The molecule has 1 heterocycles. The summed E-state index contributed by atoms with van der Waals surface area (Å²) in [6, 6.07) is 9.68. The van der Waals surface area contributed by atoms with E-state index in [4.69, 9.17) is 10.5 Å². The average molecular weight is 287 g/mol. The van der Waals surface area contributed by atoms with Crippen LogP contribution in [0, 0.1) is 0 Å². The zero-order valence-corrected chi connectivity index (χ0v) is 11.7.